The van der Waals surface area contributed by atoms with E-state index in [1.807, 2.05) is 104 Å². The first-order chi connectivity index (χ1) is 19.4. The Bertz CT molecular complexity index is 1720. The summed E-state index contributed by atoms with van der Waals surface area (Å²) >= 11 is 1.31. The van der Waals surface area contributed by atoms with Crippen LogP contribution in [0.25, 0.3) is 6.08 Å². The second-order valence-corrected chi connectivity index (χ2v) is 10.6. The number of aromatic nitrogens is 1. The molecule has 7 nitrogen and oxygen atoms in total. The van der Waals surface area contributed by atoms with Crippen LogP contribution in [-0.4, -0.2) is 31.2 Å². The Morgan fingerprint density at radius 1 is 1.02 bits per heavy atom. The molecule has 5 rings (SSSR count). The van der Waals surface area contributed by atoms with E-state index in [-0.39, 0.29) is 12.2 Å². The van der Waals surface area contributed by atoms with E-state index in [0.29, 0.717) is 27.2 Å². The van der Waals surface area contributed by atoms with Crippen molar-refractivity contribution < 1.29 is 14.3 Å². The van der Waals surface area contributed by atoms with Crippen LogP contribution >= 0.6 is 11.3 Å². The summed E-state index contributed by atoms with van der Waals surface area (Å²) in [6.07, 6.45) is 1.85. The van der Waals surface area contributed by atoms with Crippen LogP contribution in [0.1, 0.15) is 36.6 Å². The summed E-state index contributed by atoms with van der Waals surface area (Å²) in [5.74, 6) is 0.282. The lowest BCUT2D eigenvalue weighted by molar-refractivity contribution is -0.139. The number of rotatable bonds is 8. The highest BCUT2D eigenvalue weighted by Crippen LogP contribution is 2.31. The normalized spacial score (nSPS) is 14.9. The van der Waals surface area contributed by atoms with Crippen molar-refractivity contribution in [2.24, 2.45) is 4.99 Å². The van der Waals surface area contributed by atoms with Crippen molar-refractivity contribution in [1.29, 1.82) is 0 Å². The molecule has 0 saturated heterocycles. The number of benzene rings is 3. The molecule has 0 fully saturated rings. The second kappa shape index (κ2) is 11.8. The third-order valence-corrected chi connectivity index (χ3v) is 7.65. The van der Waals surface area contributed by atoms with E-state index in [2.05, 4.69) is 4.99 Å². The number of carbonyl (C=O) groups is 1. The maximum absolute atomic E-state index is 13.8. The standard InChI is InChI=1S/C32H31N3O4S/c1-5-38-31(37)28-21(2)33-32-35(29(28)24-13-15-25(16-14-24)34(3)4)30(36)27(40-32)19-22-11-17-26(18-12-22)39-20-23-9-7-6-8-10-23/h6-19,29H,5,20H2,1-4H3/b27-19+/t29-/m1/s1. The Morgan fingerprint density at radius 3 is 2.38 bits per heavy atom. The van der Waals surface area contributed by atoms with Gasteiger partial charge in [-0.1, -0.05) is 65.9 Å². The van der Waals surface area contributed by atoms with Crippen molar-refractivity contribution in [3.63, 3.8) is 0 Å². The molecule has 0 amide bonds. The van der Waals surface area contributed by atoms with Crippen molar-refractivity contribution in [1.82, 2.24) is 4.57 Å². The molecule has 4 aromatic rings. The summed E-state index contributed by atoms with van der Waals surface area (Å²) in [6.45, 7) is 4.27. The number of hydrogen-bond acceptors (Lipinski definition) is 7. The molecular formula is C32H31N3O4S. The lowest BCUT2D eigenvalue weighted by Crippen LogP contribution is -2.39. The summed E-state index contributed by atoms with van der Waals surface area (Å²) < 4.78 is 13.4. The molecule has 40 heavy (non-hydrogen) atoms. The van der Waals surface area contributed by atoms with Crippen LogP contribution in [0.5, 0.6) is 5.75 Å². The number of ether oxygens (including phenoxy) is 2. The van der Waals surface area contributed by atoms with E-state index in [0.717, 1.165) is 28.1 Å². The maximum Gasteiger partial charge on any atom is 0.338 e. The Morgan fingerprint density at radius 2 is 1.73 bits per heavy atom. The molecule has 2 heterocycles. The molecule has 1 aliphatic heterocycles. The predicted octanol–water partition coefficient (Wildman–Crippen LogP) is 4.44. The molecule has 0 aliphatic carbocycles. The summed E-state index contributed by atoms with van der Waals surface area (Å²) in [7, 11) is 3.93. The molecule has 1 aliphatic rings. The van der Waals surface area contributed by atoms with Crippen LogP contribution in [0.2, 0.25) is 0 Å². The third kappa shape index (κ3) is 5.62. The number of allylic oxidation sites excluding steroid dienone is 1. The highest BCUT2D eigenvalue weighted by molar-refractivity contribution is 7.07. The van der Waals surface area contributed by atoms with Crippen molar-refractivity contribution in [2.75, 3.05) is 25.6 Å². The van der Waals surface area contributed by atoms with Gasteiger partial charge < -0.3 is 14.4 Å². The minimum Gasteiger partial charge on any atom is -0.489 e. The molecule has 1 aromatic heterocycles. The maximum atomic E-state index is 13.8. The zero-order valence-electron chi connectivity index (χ0n) is 23.0. The summed E-state index contributed by atoms with van der Waals surface area (Å²) in [4.78, 5) is 34.1. The topological polar surface area (TPSA) is 73.1 Å². The predicted molar refractivity (Wildman–Crippen MR) is 158 cm³/mol. The number of nitrogens with zero attached hydrogens (tertiary/aromatic N) is 3. The fourth-order valence-corrected chi connectivity index (χ4v) is 5.66. The average Bonchev–Trinajstić information content (AvgIpc) is 3.26. The van der Waals surface area contributed by atoms with Crippen molar-refractivity contribution >= 4 is 29.1 Å². The van der Waals surface area contributed by atoms with Crippen LogP contribution in [0.15, 0.2) is 99.9 Å². The molecule has 0 bridgehead atoms. The molecule has 0 saturated carbocycles. The molecule has 204 valence electrons. The SMILES string of the molecule is CCOC(=O)C1=C(C)N=c2s/c(=C/c3ccc(OCc4ccccc4)cc3)c(=O)n2[C@@H]1c1ccc(N(C)C)cc1. The molecule has 0 radical (unpaired) electrons. The average molecular weight is 554 g/mol. The van der Waals surface area contributed by atoms with Crippen molar-refractivity contribution in [2.45, 2.75) is 26.5 Å². The summed E-state index contributed by atoms with van der Waals surface area (Å²) in [5, 5.41) is 0. The van der Waals surface area contributed by atoms with Crippen LogP contribution in [-0.2, 0) is 16.1 Å². The highest BCUT2D eigenvalue weighted by Gasteiger charge is 2.33. The Balaban J connectivity index is 1.51. The molecule has 0 unspecified atom stereocenters. The first-order valence-electron chi connectivity index (χ1n) is 13.1. The van der Waals surface area contributed by atoms with Gasteiger partial charge in [0.25, 0.3) is 5.56 Å². The zero-order valence-corrected chi connectivity index (χ0v) is 23.8. The number of thiazole rings is 1. The van der Waals surface area contributed by atoms with Gasteiger partial charge in [0.05, 0.1) is 28.5 Å². The fraction of sp³-hybridized carbons (Fsp3) is 0.219. The van der Waals surface area contributed by atoms with Crippen LogP contribution < -0.4 is 24.5 Å². The van der Waals surface area contributed by atoms with Crippen LogP contribution in [0, 0.1) is 0 Å². The quantitative estimate of drug-likeness (QED) is 0.302. The van der Waals surface area contributed by atoms with Crippen molar-refractivity contribution in [3.8, 4) is 5.75 Å². The lowest BCUT2D eigenvalue weighted by atomic mass is 9.95. The van der Waals surface area contributed by atoms with E-state index >= 15 is 0 Å². The summed E-state index contributed by atoms with van der Waals surface area (Å²) in [6, 6.07) is 24.8. The monoisotopic (exact) mass is 553 g/mol. The van der Waals surface area contributed by atoms with E-state index in [1.165, 1.54) is 11.3 Å². The van der Waals surface area contributed by atoms with Crippen molar-refractivity contribution in [3.05, 3.63) is 127 Å². The molecule has 0 spiro atoms. The van der Waals surface area contributed by atoms with Gasteiger partial charge in [0.15, 0.2) is 4.80 Å². The molecular weight excluding hydrogens is 522 g/mol. The number of fused-ring (bicyclic) bond motifs is 1. The van der Waals surface area contributed by atoms with Gasteiger partial charge in [-0.25, -0.2) is 9.79 Å². The van der Waals surface area contributed by atoms with E-state index in [1.54, 1.807) is 18.4 Å². The van der Waals surface area contributed by atoms with Gasteiger partial charge in [0.2, 0.25) is 0 Å². The summed E-state index contributed by atoms with van der Waals surface area (Å²) in [5.41, 5.74) is 4.51. The third-order valence-electron chi connectivity index (χ3n) is 6.67. The molecule has 8 heteroatoms. The van der Waals surface area contributed by atoms with E-state index in [9.17, 15) is 9.59 Å². The Kier molecular flexibility index (Phi) is 7.98. The smallest absolute Gasteiger partial charge is 0.338 e. The highest BCUT2D eigenvalue weighted by atomic mass is 32.1. The van der Waals surface area contributed by atoms with E-state index < -0.39 is 12.0 Å². The largest absolute Gasteiger partial charge is 0.489 e. The van der Waals surface area contributed by atoms with Gasteiger partial charge >= 0.3 is 5.97 Å². The lowest BCUT2D eigenvalue weighted by Gasteiger charge is -2.25. The van der Waals surface area contributed by atoms with Gasteiger partial charge in [-0.05, 0) is 60.9 Å². The minimum absolute atomic E-state index is 0.205. The van der Waals surface area contributed by atoms with Gasteiger partial charge in [-0.3, -0.25) is 9.36 Å². The zero-order chi connectivity index (χ0) is 28.2. The first kappa shape index (κ1) is 27.1. The Labute approximate surface area is 237 Å². The van der Waals surface area contributed by atoms with E-state index in [4.69, 9.17) is 9.47 Å². The number of carbonyl (C=O) groups excluding carboxylic acids is 1. The minimum atomic E-state index is -0.637. The number of esters is 1. The Hall–Kier alpha value is -4.43. The van der Waals surface area contributed by atoms with Crippen LogP contribution in [0.3, 0.4) is 0 Å². The van der Waals surface area contributed by atoms with Gasteiger partial charge in [0.1, 0.15) is 12.4 Å². The second-order valence-electron chi connectivity index (χ2n) is 9.63. The molecule has 1 atom stereocenters. The fourth-order valence-electron chi connectivity index (χ4n) is 4.61. The first-order valence-corrected chi connectivity index (χ1v) is 13.9. The van der Waals surface area contributed by atoms with Crippen LogP contribution in [0.4, 0.5) is 5.69 Å². The van der Waals surface area contributed by atoms with Gasteiger partial charge in [-0.2, -0.15) is 0 Å². The molecule has 0 N–H and O–H groups in total. The van der Waals surface area contributed by atoms with Gasteiger partial charge in [0, 0.05) is 19.8 Å². The number of hydrogen-bond donors (Lipinski definition) is 0. The number of anilines is 1. The molecule has 3 aromatic carbocycles. The van der Waals surface area contributed by atoms with Gasteiger partial charge in [-0.15, -0.1) is 0 Å².